The molecule has 9 heteroatoms. The molecule has 9 nitrogen and oxygen atoms in total. The molecule has 0 unspecified atom stereocenters. The maximum atomic E-state index is 11.7. The number of aliphatic hydroxyl groups is 1. The Balaban J connectivity index is 1.28. The normalized spacial score (nSPS) is 14.4. The fourth-order valence-electron chi connectivity index (χ4n) is 4.74. The number of anilines is 4. The minimum Gasteiger partial charge on any atom is -0.389 e. The highest BCUT2D eigenvalue weighted by atomic mass is 16.3. The summed E-state index contributed by atoms with van der Waals surface area (Å²) >= 11 is 0. The number of hydrogen-bond acceptors (Lipinski definition) is 7. The third-order valence-corrected chi connectivity index (χ3v) is 6.50. The molecular formula is C29H33N7O2. The van der Waals surface area contributed by atoms with Crippen LogP contribution in [0.1, 0.15) is 13.8 Å². The SMILES string of the molecule is C=CC(=O)Nc1cccc(-c2ncn3cnc(Nc4ccc(N5CCN(CC(C)(C)O)CC5)cc4)cc23)c1. The van der Waals surface area contributed by atoms with E-state index >= 15 is 0 Å². The number of hydrogen-bond donors (Lipinski definition) is 3. The van der Waals surface area contributed by atoms with Crippen LogP contribution in [0.2, 0.25) is 0 Å². The Morgan fingerprint density at radius 2 is 1.76 bits per heavy atom. The molecule has 1 saturated heterocycles. The van der Waals surface area contributed by atoms with Crippen LogP contribution in [0.15, 0.2) is 79.9 Å². The molecule has 3 N–H and O–H groups in total. The average molecular weight is 512 g/mol. The number of fused-ring (bicyclic) bond motifs is 1. The van der Waals surface area contributed by atoms with Gasteiger partial charge in [-0.2, -0.15) is 0 Å². The third kappa shape index (κ3) is 6.01. The number of carbonyl (C=O) groups excluding carboxylic acids is 1. The molecule has 3 heterocycles. The van der Waals surface area contributed by atoms with Gasteiger partial charge in [0.2, 0.25) is 5.91 Å². The quantitative estimate of drug-likeness (QED) is 0.306. The number of aromatic nitrogens is 3. The molecule has 1 amide bonds. The summed E-state index contributed by atoms with van der Waals surface area (Å²) in [6.07, 6.45) is 4.71. The third-order valence-electron chi connectivity index (χ3n) is 6.50. The number of β-amino-alcohol motifs (C(OH)–C–C–N with tert-alkyl or cyclic N) is 1. The van der Waals surface area contributed by atoms with Crippen LogP contribution in [0, 0.1) is 0 Å². The predicted molar refractivity (Wildman–Crippen MR) is 152 cm³/mol. The first-order valence-electron chi connectivity index (χ1n) is 12.7. The maximum absolute atomic E-state index is 11.7. The summed E-state index contributed by atoms with van der Waals surface area (Å²) in [4.78, 5) is 25.5. The molecule has 2 aromatic carbocycles. The fraction of sp³-hybridized carbons (Fsp3) is 0.276. The van der Waals surface area contributed by atoms with Gasteiger partial charge in [0, 0.05) is 61.4 Å². The monoisotopic (exact) mass is 511 g/mol. The first-order chi connectivity index (χ1) is 18.3. The van der Waals surface area contributed by atoms with Crippen molar-refractivity contribution in [3.8, 4) is 11.3 Å². The molecule has 38 heavy (non-hydrogen) atoms. The Kier molecular flexibility index (Phi) is 7.13. The summed E-state index contributed by atoms with van der Waals surface area (Å²) in [5.74, 6) is 0.454. The van der Waals surface area contributed by atoms with E-state index in [2.05, 4.69) is 61.2 Å². The zero-order valence-corrected chi connectivity index (χ0v) is 21.8. The van der Waals surface area contributed by atoms with Crippen molar-refractivity contribution in [1.29, 1.82) is 0 Å². The topological polar surface area (TPSA) is 98.0 Å². The Morgan fingerprint density at radius 3 is 2.47 bits per heavy atom. The summed E-state index contributed by atoms with van der Waals surface area (Å²) in [6.45, 7) is 11.6. The van der Waals surface area contributed by atoms with E-state index in [1.807, 2.05) is 48.6 Å². The second kappa shape index (κ2) is 10.6. The lowest BCUT2D eigenvalue weighted by atomic mass is 10.1. The van der Waals surface area contributed by atoms with Crippen molar-refractivity contribution >= 4 is 34.3 Å². The average Bonchev–Trinajstić information content (AvgIpc) is 3.32. The molecule has 0 aliphatic carbocycles. The van der Waals surface area contributed by atoms with Gasteiger partial charge in [-0.25, -0.2) is 9.97 Å². The van der Waals surface area contributed by atoms with Crippen molar-refractivity contribution < 1.29 is 9.90 Å². The van der Waals surface area contributed by atoms with Gasteiger partial charge in [-0.15, -0.1) is 0 Å². The lowest BCUT2D eigenvalue weighted by Gasteiger charge is -2.38. The minimum absolute atomic E-state index is 0.258. The number of amides is 1. The van der Waals surface area contributed by atoms with E-state index in [1.165, 1.54) is 11.8 Å². The van der Waals surface area contributed by atoms with Crippen LogP contribution in [0.4, 0.5) is 22.9 Å². The van der Waals surface area contributed by atoms with Gasteiger partial charge in [-0.05, 0) is 56.3 Å². The first-order valence-corrected chi connectivity index (χ1v) is 12.7. The molecule has 0 saturated carbocycles. The number of nitrogens with one attached hydrogen (secondary N) is 2. The van der Waals surface area contributed by atoms with E-state index in [4.69, 9.17) is 0 Å². The molecule has 0 radical (unpaired) electrons. The molecule has 0 bridgehead atoms. The fourth-order valence-corrected chi connectivity index (χ4v) is 4.74. The van der Waals surface area contributed by atoms with Crippen LogP contribution >= 0.6 is 0 Å². The number of nitrogens with zero attached hydrogens (tertiary/aromatic N) is 5. The first kappa shape index (κ1) is 25.4. The van der Waals surface area contributed by atoms with Crippen molar-refractivity contribution in [3.05, 3.63) is 79.9 Å². The summed E-state index contributed by atoms with van der Waals surface area (Å²) in [6, 6.07) is 17.9. The number of carbonyl (C=O) groups is 1. The summed E-state index contributed by atoms with van der Waals surface area (Å²) in [7, 11) is 0. The van der Waals surface area contributed by atoms with E-state index in [9.17, 15) is 9.90 Å². The van der Waals surface area contributed by atoms with Crippen LogP contribution in [-0.4, -0.2) is 68.6 Å². The molecule has 1 aliphatic rings. The standard InChI is InChI=1S/C29H33N7O2/c1-4-27(37)33-23-7-5-6-21(16-23)28-25-17-26(30-19-36(25)20-31-28)32-22-8-10-24(11-9-22)35-14-12-34(13-15-35)18-29(2,3)38/h4-11,16-17,19-20,32,38H,1,12-15,18H2,2-3H3,(H,33,37). The Labute approximate surface area is 222 Å². The number of imidazole rings is 1. The highest BCUT2D eigenvalue weighted by Crippen LogP contribution is 2.28. The van der Waals surface area contributed by atoms with Crippen molar-refractivity contribution in [2.24, 2.45) is 0 Å². The second-order valence-electron chi connectivity index (χ2n) is 10.2. The lowest BCUT2D eigenvalue weighted by molar-refractivity contribution is -0.111. The second-order valence-corrected chi connectivity index (χ2v) is 10.2. The van der Waals surface area contributed by atoms with Crippen molar-refractivity contribution in [1.82, 2.24) is 19.3 Å². The molecule has 1 fully saturated rings. The van der Waals surface area contributed by atoms with Crippen LogP contribution in [0.5, 0.6) is 0 Å². The van der Waals surface area contributed by atoms with Crippen molar-refractivity contribution in [2.75, 3.05) is 48.3 Å². The zero-order valence-electron chi connectivity index (χ0n) is 21.8. The van der Waals surface area contributed by atoms with Crippen molar-refractivity contribution in [2.45, 2.75) is 19.4 Å². The van der Waals surface area contributed by atoms with Crippen LogP contribution in [-0.2, 0) is 4.79 Å². The van der Waals surface area contributed by atoms with E-state index < -0.39 is 5.60 Å². The molecule has 196 valence electrons. The van der Waals surface area contributed by atoms with Crippen LogP contribution in [0.3, 0.4) is 0 Å². The van der Waals surface area contributed by atoms with Gasteiger partial charge in [0.15, 0.2) is 0 Å². The van der Waals surface area contributed by atoms with E-state index in [0.29, 0.717) is 18.1 Å². The smallest absolute Gasteiger partial charge is 0.247 e. The van der Waals surface area contributed by atoms with E-state index in [-0.39, 0.29) is 5.91 Å². The zero-order chi connectivity index (χ0) is 26.7. The minimum atomic E-state index is -0.669. The van der Waals surface area contributed by atoms with Gasteiger partial charge < -0.3 is 20.6 Å². The largest absolute Gasteiger partial charge is 0.389 e. The Bertz CT molecular complexity index is 1430. The summed E-state index contributed by atoms with van der Waals surface area (Å²) in [5, 5.41) is 16.3. The molecular weight excluding hydrogens is 478 g/mol. The van der Waals surface area contributed by atoms with Gasteiger partial charge >= 0.3 is 0 Å². The summed E-state index contributed by atoms with van der Waals surface area (Å²) in [5.41, 5.74) is 4.72. The van der Waals surface area contributed by atoms with Crippen LogP contribution < -0.4 is 15.5 Å². The predicted octanol–water partition coefficient (Wildman–Crippen LogP) is 4.16. The number of piperazine rings is 1. The molecule has 0 atom stereocenters. The van der Waals surface area contributed by atoms with E-state index in [0.717, 1.165) is 48.6 Å². The number of benzene rings is 2. The highest BCUT2D eigenvalue weighted by Gasteiger charge is 2.22. The van der Waals surface area contributed by atoms with Gasteiger partial charge in [0.25, 0.3) is 0 Å². The van der Waals surface area contributed by atoms with Gasteiger partial charge in [-0.1, -0.05) is 18.7 Å². The Morgan fingerprint density at radius 1 is 1.03 bits per heavy atom. The number of rotatable bonds is 8. The van der Waals surface area contributed by atoms with Gasteiger partial charge in [0.05, 0.1) is 16.8 Å². The lowest BCUT2D eigenvalue weighted by Crippen LogP contribution is -2.50. The van der Waals surface area contributed by atoms with Gasteiger partial charge in [-0.3, -0.25) is 14.1 Å². The Hall–Kier alpha value is -4.21. The molecule has 1 aliphatic heterocycles. The van der Waals surface area contributed by atoms with Crippen LogP contribution in [0.25, 0.3) is 16.8 Å². The van der Waals surface area contributed by atoms with Gasteiger partial charge in [0.1, 0.15) is 18.5 Å². The van der Waals surface area contributed by atoms with E-state index in [1.54, 1.807) is 12.7 Å². The molecule has 2 aromatic heterocycles. The van der Waals surface area contributed by atoms with Crippen molar-refractivity contribution in [3.63, 3.8) is 0 Å². The maximum Gasteiger partial charge on any atom is 0.247 e. The summed E-state index contributed by atoms with van der Waals surface area (Å²) < 4.78 is 1.87. The molecule has 4 aromatic rings. The highest BCUT2D eigenvalue weighted by molar-refractivity contribution is 5.99. The molecule has 0 spiro atoms. The molecule has 5 rings (SSSR count).